The Morgan fingerprint density at radius 2 is 1.79 bits per heavy atom. The van der Waals surface area contributed by atoms with Crippen molar-refractivity contribution < 1.29 is 19.8 Å². The highest BCUT2D eigenvalue weighted by molar-refractivity contribution is 15.0. The van der Waals surface area contributed by atoms with Crippen molar-refractivity contribution in [2.24, 2.45) is 0 Å². The van der Waals surface area contributed by atoms with Gasteiger partial charge in [-0.3, -0.25) is 4.79 Å². The number of hydrogen-bond acceptors (Lipinski definition) is 3. The first kappa shape index (κ1) is 18.4. The van der Waals surface area contributed by atoms with Crippen molar-refractivity contribution in [3.8, 4) is 5.75 Å². The van der Waals surface area contributed by atoms with Gasteiger partial charge in [0.15, 0.2) is 0 Å². The van der Waals surface area contributed by atoms with E-state index in [9.17, 15) is 9.59 Å². The van der Waals surface area contributed by atoms with E-state index < -0.39 is 12.0 Å². The summed E-state index contributed by atoms with van der Waals surface area (Å²) < 4.78 is 0. The Labute approximate surface area is 135 Å². The summed E-state index contributed by atoms with van der Waals surface area (Å²) in [5.74, 6) is -1.24. The van der Waals surface area contributed by atoms with Crippen LogP contribution in [-0.2, 0) is 16.0 Å². The molecule has 0 bridgehead atoms. The average Bonchev–Trinajstić information content (AvgIpc) is 2.42. The number of aliphatic carboxylic acids is 1. The average molecular weight is 491 g/mol. The molecule has 1 rings (SSSR count). The van der Waals surface area contributed by atoms with Crippen molar-refractivity contribution in [3.63, 3.8) is 0 Å². The lowest BCUT2D eigenvalue weighted by Crippen LogP contribution is -2.42. The first-order chi connectivity index (χ1) is 9.02. The minimum atomic E-state index is -1.07. The Kier molecular flexibility index (Phi) is 9.92. The molecular formula is C12H15I2NO4. The standard InChI is InChI=1S/C12H15NO4.I2/c1-2-11(15)13-10(12(16)17)7-8-3-5-9(14)6-4-8;1-2/h3-6,10,14H,2,7H2,1H3,(H,13,15)(H,16,17);. The van der Waals surface area contributed by atoms with E-state index in [0.717, 1.165) is 5.56 Å². The number of phenolic OH excluding ortho intramolecular Hbond substituents is 1. The van der Waals surface area contributed by atoms with Gasteiger partial charge in [0.25, 0.3) is 0 Å². The van der Waals surface area contributed by atoms with Crippen molar-refractivity contribution in [2.45, 2.75) is 25.8 Å². The highest BCUT2D eigenvalue weighted by atomic mass is 128. The maximum atomic E-state index is 11.2. The first-order valence-electron chi connectivity index (χ1n) is 5.47. The summed E-state index contributed by atoms with van der Waals surface area (Å²) in [4.78, 5) is 22.1. The number of carboxylic acid groups (broad SMARTS) is 1. The van der Waals surface area contributed by atoms with Gasteiger partial charge < -0.3 is 15.5 Å². The van der Waals surface area contributed by atoms with Gasteiger partial charge in [0.05, 0.1) is 0 Å². The summed E-state index contributed by atoms with van der Waals surface area (Å²) in [6, 6.07) is 5.28. The molecule has 19 heavy (non-hydrogen) atoms. The third-order valence-electron chi connectivity index (χ3n) is 2.33. The van der Waals surface area contributed by atoms with Gasteiger partial charge in [-0.2, -0.15) is 0 Å². The zero-order chi connectivity index (χ0) is 14.8. The topological polar surface area (TPSA) is 86.6 Å². The molecule has 0 aliphatic heterocycles. The molecule has 1 aromatic rings. The molecule has 0 heterocycles. The second-order valence-corrected chi connectivity index (χ2v) is 3.68. The number of hydrogen-bond donors (Lipinski definition) is 3. The minimum Gasteiger partial charge on any atom is -0.508 e. The molecule has 0 aliphatic rings. The maximum Gasteiger partial charge on any atom is 0.326 e. The number of aromatic hydroxyl groups is 1. The van der Waals surface area contributed by atoms with E-state index >= 15 is 0 Å². The Hall–Kier alpha value is -0.580. The summed E-state index contributed by atoms with van der Waals surface area (Å²) in [7, 11) is 0. The fourth-order valence-electron chi connectivity index (χ4n) is 1.36. The molecule has 1 atom stereocenters. The van der Waals surface area contributed by atoms with Gasteiger partial charge in [0, 0.05) is 50.1 Å². The normalized spacial score (nSPS) is 10.9. The Balaban J connectivity index is 0.00000154. The second-order valence-electron chi connectivity index (χ2n) is 3.68. The number of phenols is 1. The predicted molar refractivity (Wildman–Crippen MR) is 89.7 cm³/mol. The minimum absolute atomic E-state index is 0.123. The Morgan fingerprint density at radius 1 is 1.26 bits per heavy atom. The van der Waals surface area contributed by atoms with Crippen molar-refractivity contribution in [1.29, 1.82) is 0 Å². The number of amides is 1. The van der Waals surface area contributed by atoms with Crippen LogP contribution < -0.4 is 5.32 Å². The molecule has 106 valence electrons. The van der Waals surface area contributed by atoms with Crippen LogP contribution in [0.2, 0.25) is 0 Å². The summed E-state index contributed by atoms with van der Waals surface area (Å²) in [6.07, 6.45) is 0.445. The third-order valence-corrected chi connectivity index (χ3v) is 2.33. The van der Waals surface area contributed by atoms with Gasteiger partial charge in [0.2, 0.25) is 5.91 Å². The molecule has 0 spiro atoms. The smallest absolute Gasteiger partial charge is 0.326 e. The zero-order valence-corrected chi connectivity index (χ0v) is 14.6. The molecule has 0 fully saturated rings. The summed E-state index contributed by atoms with van der Waals surface area (Å²) in [5, 5.41) is 20.5. The summed E-state index contributed by atoms with van der Waals surface area (Å²) >= 11 is 4.24. The monoisotopic (exact) mass is 491 g/mol. The van der Waals surface area contributed by atoms with Gasteiger partial charge in [0.1, 0.15) is 11.8 Å². The largest absolute Gasteiger partial charge is 0.508 e. The molecule has 0 saturated heterocycles. The van der Waals surface area contributed by atoms with E-state index in [1.165, 1.54) is 12.1 Å². The van der Waals surface area contributed by atoms with Crippen LogP contribution in [0.25, 0.3) is 0 Å². The zero-order valence-electron chi connectivity index (χ0n) is 10.3. The molecular weight excluding hydrogens is 476 g/mol. The number of carboxylic acids is 1. The Morgan fingerprint density at radius 3 is 2.21 bits per heavy atom. The number of benzene rings is 1. The highest BCUT2D eigenvalue weighted by Gasteiger charge is 2.19. The van der Waals surface area contributed by atoms with Crippen molar-refractivity contribution in [3.05, 3.63) is 29.8 Å². The molecule has 0 aromatic heterocycles. The van der Waals surface area contributed by atoms with Gasteiger partial charge in [-0.15, -0.1) is 0 Å². The lowest BCUT2D eigenvalue weighted by molar-refractivity contribution is -0.141. The van der Waals surface area contributed by atoms with Crippen LogP contribution in [0.3, 0.4) is 0 Å². The van der Waals surface area contributed by atoms with Crippen LogP contribution in [0, 0.1) is 0 Å². The van der Waals surface area contributed by atoms with Crippen LogP contribution in [-0.4, -0.2) is 28.1 Å². The van der Waals surface area contributed by atoms with Crippen LogP contribution in [0.4, 0.5) is 0 Å². The molecule has 3 N–H and O–H groups in total. The molecule has 0 aliphatic carbocycles. The second kappa shape index (κ2) is 10.2. The molecule has 7 heteroatoms. The summed E-state index contributed by atoms with van der Waals surface area (Å²) in [5.41, 5.74) is 0.742. The van der Waals surface area contributed by atoms with Crippen molar-refractivity contribution >= 4 is 49.1 Å². The van der Waals surface area contributed by atoms with Crippen LogP contribution in [0.1, 0.15) is 18.9 Å². The van der Waals surface area contributed by atoms with Crippen LogP contribution in [0.5, 0.6) is 5.75 Å². The van der Waals surface area contributed by atoms with E-state index in [-0.39, 0.29) is 24.5 Å². The molecule has 1 aromatic carbocycles. The van der Waals surface area contributed by atoms with E-state index in [1.807, 2.05) is 0 Å². The van der Waals surface area contributed by atoms with Crippen molar-refractivity contribution in [2.75, 3.05) is 0 Å². The molecule has 0 radical (unpaired) electrons. The predicted octanol–water partition coefficient (Wildman–Crippen LogP) is 2.69. The lowest BCUT2D eigenvalue weighted by Gasteiger charge is -2.14. The van der Waals surface area contributed by atoms with Crippen LogP contribution >= 0.6 is 37.2 Å². The van der Waals surface area contributed by atoms with Gasteiger partial charge >= 0.3 is 5.97 Å². The number of carbonyl (C=O) groups excluding carboxylic acids is 1. The fourth-order valence-corrected chi connectivity index (χ4v) is 1.36. The maximum absolute atomic E-state index is 11.2. The van der Waals surface area contributed by atoms with E-state index in [0.29, 0.717) is 0 Å². The molecule has 5 nitrogen and oxygen atoms in total. The number of halogens is 2. The SMILES string of the molecule is CCC(=O)NC(Cc1ccc(O)cc1)C(=O)O.II. The lowest BCUT2D eigenvalue weighted by atomic mass is 10.1. The Bertz CT molecular complexity index is 409. The number of nitrogens with one attached hydrogen (secondary N) is 1. The van der Waals surface area contributed by atoms with Crippen LogP contribution in [0.15, 0.2) is 24.3 Å². The number of rotatable bonds is 5. The molecule has 1 unspecified atom stereocenters. The molecule has 0 saturated carbocycles. The van der Waals surface area contributed by atoms with E-state index in [2.05, 4.69) is 42.5 Å². The molecule has 1 amide bonds. The fraction of sp³-hybridized carbons (Fsp3) is 0.333. The van der Waals surface area contributed by atoms with E-state index in [1.54, 1.807) is 19.1 Å². The number of carbonyl (C=O) groups is 2. The van der Waals surface area contributed by atoms with Gasteiger partial charge in [-0.25, -0.2) is 4.79 Å². The third kappa shape index (κ3) is 7.55. The van der Waals surface area contributed by atoms with Gasteiger partial charge in [-0.05, 0) is 17.7 Å². The van der Waals surface area contributed by atoms with E-state index in [4.69, 9.17) is 10.2 Å². The van der Waals surface area contributed by atoms with Crippen molar-refractivity contribution in [1.82, 2.24) is 5.32 Å². The first-order valence-corrected chi connectivity index (χ1v) is 11.8. The highest BCUT2D eigenvalue weighted by Crippen LogP contribution is 2.11. The summed E-state index contributed by atoms with van der Waals surface area (Å²) in [6.45, 7) is 1.66. The quantitative estimate of drug-likeness (QED) is 0.554. The van der Waals surface area contributed by atoms with Gasteiger partial charge in [-0.1, -0.05) is 19.1 Å².